The van der Waals surface area contributed by atoms with Gasteiger partial charge in [0.1, 0.15) is 12.4 Å². The van der Waals surface area contributed by atoms with Crippen LogP contribution in [0.15, 0.2) is 22.7 Å². The third-order valence-electron chi connectivity index (χ3n) is 3.29. The molecule has 1 aliphatic heterocycles. The van der Waals surface area contributed by atoms with Crippen molar-refractivity contribution in [2.24, 2.45) is 0 Å². The van der Waals surface area contributed by atoms with Crippen LogP contribution in [0.4, 0.5) is 4.39 Å². The Hall–Kier alpha value is -0.360. The Balaban J connectivity index is 0.00000180. The Bertz CT molecular complexity index is 402. The second-order valence-electron chi connectivity index (χ2n) is 4.34. The Kier molecular flexibility index (Phi) is 7.07. The predicted molar refractivity (Wildman–Crippen MR) is 81.1 cm³/mol. The Morgan fingerprint density at radius 2 is 2.11 bits per heavy atom. The van der Waals surface area contributed by atoms with Crippen molar-refractivity contribution in [2.45, 2.75) is 6.04 Å². The molecule has 0 radical (unpaired) electrons. The first-order valence-corrected chi connectivity index (χ1v) is 6.89. The molecule has 1 aliphatic rings. The minimum absolute atomic E-state index is 0. The number of alkyl halides is 1. The lowest BCUT2D eigenvalue weighted by Crippen LogP contribution is -2.45. The predicted octanol–water partition coefficient (Wildman–Crippen LogP) is 2.80. The second-order valence-corrected chi connectivity index (χ2v) is 5.26. The molecule has 108 valence electrons. The van der Waals surface area contributed by atoms with Gasteiger partial charge in [-0.3, -0.25) is 4.90 Å². The molecule has 0 saturated carbocycles. The summed E-state index contributed by atoms with van der Waals surface area (Å²) in [6.07, 6.45) is 0. The summed E-state index contributed by atoms with van der Waals surface area (Å²) in [5, 5.41) is 3.28. The van der Waals surface area contributed by atoms with Crippen LogP contribution >= 0.6 is 28.3 Å². The van der Waals surface area contributed by atoms with Gasteiger partial charge in [-0.1, -0.05) is 15.9 Å². The maximum atomic E-state index is 13.4. The third kappa shape index (κ3) is 4.05. The van der Waals surface area contributed by atoms with Gasteiger partial charge >= 0.3 is 0 Å². The van der Waals surface area contributed by atoms with Crippen LogP contribution in [0.1, 0.15) is 11.6 Å². The quantitative estimate of drug-likeness (QED) is 0.901. The molecule has 0 amide bonds. The van der Waals surface area contributed by atoms with Crippen LogP contribution in [-0.2, 0) is 0 Å². The second kappa shape index (κ2) is 8.04. The van der Waals surface area contributed by atoms with Crippen LogP contribution in [0.5, 0.6) is 5.75 Å². The molecular formula is C13H19BrClFN2O. The summed E-state index contributed by atoms with van der Waals surface area (Å²) in [4.78, 5) is 2.17. The molecule has 1 heterocycles. The maximum Gasteiger partial charge on any atom is 0.123 e. The van der Waals surface area contributed by atoms with Crippen molar-refractivity contribution in [1.82, 2.24) is 10.2 Å². The van der Waals surface area contributed by atoms with Crippen molar-refractivity contribution < 1.29 is 9.13 Å². The summed E-state index contributed by atoms with van der Waals surface area (Å²) in [7, 11) is 1.62. The molecule has 0 aromatic heterocycles. The minimum Gasteiger partial charge on any atom is -0.496 e. The molecule has 2 rings (SSSR count). The van der Waals surface area contributed by atoms with Gasteiger partial charge in [0.25, 0.3) is 0 Å². The first-order valence-electron chi connectivity index (χ1n) is 6.10. The summed E-state index contributed by atoms with van der Waals surface area (Å²) < 4.78 is 19.7. The van der Waals surface area contributed by atoms with Gasteiger partial charge < -0.3 is 10.1 Å². The highest BCUT2D eigenvalue weighted by Crippen LogP contribution is 2.32. The van der Waals surface area contributed by atoms with Gasteiger partial charge in [-0.15, -0.1) is 12.4 Å². The Labute approximate surface area is 128 Å². The number of ether oxygens (including phenoxy) is 1. The molecule has 19 heavy (non-hydrogen) atoms. The van der Waals surface area contributed by atoms with Crippen molar-refractivity contribution in [3.63, 3.8) is 0 Å². The smallest absolute Gasteiger partial charge is 0.123 e. The van der Waals surface area contributed by atoms with E-state index < -0.39 is 6.67 Å². The van der Waals surface area contributed by atoms with Gasteiger partial charge in [0.15, 0.2) is 0 Å². The molecule has 1 saturated heterocycles. The molecular weight excluding hydrogens is 335 g/mol. The minimum atomic E-state index is -0.396. The lowest BCUT2D eigenvalue weighted by Gasteiger charge is -2.34. The number of rotatable bonds is 4. The number of hydrogen-bond donors (Lipinski definition) is 1. The number of nitrogens with zero attached hydrogens (tertiary/aromatic N) is 1. The molecule has 0 bridgehead atoms. The standard InChI is InChI=1S/C13H18BrFN2O.ClH/c1-18-13-3-2-10(14)8-11(13)12(9-15)17-6-4-16-5-7-17;/h2-3,8,12,16H,4-7,9H2,1H3;1H/t12-;/m0./s1. The highest BCUT2D eigenvalue weighted by atomic mass is 79.9. The Morgan fingerprint density at radius 3 is 2.68 bits per heavy atom. The van der Waals surface area contributed by atoms with Crippen molar-refractivity contribution in [2.75, 3.05) is 40.0 Å². The topological polar surface area (TPSA) is 24.5 Å². The fourth-order valence-electron chi connectivity index (χ4n) is 2.34. The molecule has 0 unspecified atom stereocenters. The zero-order valence-corrected chi connectivity index (χ0v) is 13.3. The van der Waals surface area contributed by atoms with Crippen molar-refractivity contribution in [3.05, 3.63) is 28.2 Å². The van der Waals surface area contributed by atoms with Gasteiger partial charge in [0.2, 0.25) is 0 Å². The van der Waals surface area contributed by atoms with Gasteiger partial charge in [0.05, 0.1) is 13.2 Å². The first-order chi connectivity index (χ1) is 8.76. The average molecular weight is 354 g/mol. The zero-order valence-electron chi connectivity index (χ0n) is 10.9. The first kappa shape index (κ1) is 16.7. The van der Waals surface area contributed by atoms with Crippen LogP contribution in [-0.4, -0.2) is 44.9 Å². The molecule has 6 heteroatoms. The monoisotopic (exact) mass is 352 g/mol. The van der Waals surface area contributed by atoms with E-state index in [2.05, 4.69) is 26.1 Å². The van der Waals surface area contributed by atoms with E-state index in [1.165, 1.54) is 0 Å². The Morgan fingerprint density at radius 1 is 1.42 bits per heavy atom. The van der Waals surface area contributed by atoms with Gasteiger partial charge in [-0.05, 0) is 18.2 Å². The van der Waals surface area contributed by atoms with E-state index in [4.69, 9.17) is 4.74 Å². The van der Waals surface area contributed by atoms with Crippen LogP contribution in [0.2, 0.25) is 0 Å². The lowest BCUT2D eigenvalue weighted by molar-refractivity contribution is 0.145. The summed E-state index contributed by atoms with van der Waals surface area (Å²) in [5.74, 6) is 0.749. The number of nitrogens with one attached hydrogen (secondary N) is 1. The molecule has 0 aliphatic carbocycles. The van der Waals surface area contributed by atoms with Gasteiger partial charge in [0, 0.05) is 36.2 Å². The van der Waals surface area contributed by atoms with Crippen molar-refractivity contribution >= 4 is 28.3 Å². The molecule has 0 spiro atoms. The fourth-order valence-corrected chi connectivity index (χ4v) is 2.72. The molecule has 1 fully saturated rings. The maximum absolute atomic E-state index is 13.4. The normalized spacial score (nSPS) is 17.6. The third-order valence-corrected chi connectivity index (χ3v) is 3.78. The van der Waals surface area contributed by atoms with E-state index in [0.717, 1.165) is 42.0 Å². The number of halogens is 3. The zero-order chi connectivity index (χ0) is 13.0. The molecule has 1 N–H and O–H groups in total. The summed E-state index contributed by atoms with van der Waals surface area (Å²) in [6, 6.07) is 5.52. The largest absolute Gasteiger partial charge is 0.496 e. The summed E-state index contributed by atoms with van der Waals surface area (Å²) in [5.41, 5.74) is 0.913. The number of benzene rings is 1. The van der Waals surface area contributed by atoms with E-state index in [0.29, 0.717) is 0 Å². The van der Waals surface area contributed by atoms with Crippen molar-refractivity contribution in [1.29, 1.82) is 0 Å². The van der Waals surface area contributed by atoms with E-state index in [9.17, 15) is 4.39 Å². The van der Waals surface area contributed by atoms with Crippen LogP contribution in [0, 0.1) is 0 Å². The van der Waals surface area contributed by atoms with E-state index in [1.54, 1.807) is 7.11 Å². The summed E-state index contributed by atoms with van der Waals surface area (Å²) >= 11 is 3.44. The van der Waals surface area contributed by atoms with E-state index in [-0.39, 0.29) is 18.4 Å². The van der Waals surface area contributed by atoms with Crippen LogP contribution < -0.4 is 10.1 Å². The van der Waals surface area contributed by atoms with E-state index >= 15 is 0 Å². The lowest BCUT2D eigenvalue weighted by atomic mass is 10.0. The molecule has 3 nitrogen and oxygen atoms in total. The van der Waals surface area contributed by atoms with E-state index in [1.807, 2.05) is 18.2 Å². The number of methoxy groups -OCH3 is 1. The SMILES string of the molecule is COc1ccc(Br)cc1[C@H](CF)N1CCNCC1.Cl. The van der Waals surface area contributed by atoms with Crippen LogP contribution in [0.25, 0.3) is 0 Å². The molecule has 1 aromatic carbocycles. The number of hydrogen-bond acceptors (Lipinski definition) is 3. The molecule has 1 aromatic rings. The summed E-state index contributed by atoms with van der Waals surface area (Å²) in [6.45, 7) is 3.15. The highest BCUT2D eigenvalue weighted by molar-refractivity contribution is 9.10. The van der Waals surface area contributed by atoms with Gasteiger partial charge in [-0.25, -0.2) is 4.39 Å². The number of piperazine rings is 1. The fraction of sp³-hybridized carbons (Fsp3) is 0.538. The van der Waals surface area contributed by atoms with Gasteiger partial charge in [-0.2, -0.15) is 0 Å². The highest BCUT2D eigenvalue weighted by Gasteiger charge is 2.24. The molecule has 1 atom stereocenters. The average Bonchev–Trinajstić information content (AvgIpc) is 2.41. The van der Waals surface area contributed by atoms with Crippen LogP contribution in [0.3, 0.4) is 0 Å². The van der Waals surface area contributed by atoms with Crippen molar-refractivity contribution in [3.8, 4) is 5.75 Å².